The maximum absolute atomic E-state index is 11.2. The van der Waals surface area contributed by atoms with Gasteiger partial charge in [-0.1, -0.05) is 84.9 Å². The molecule has 156 valence electrons. The highest BCUT2D eigenvalue weighted by atomic mass is 16.5. The Labute approximate surface area is 183 Å². The molecule has 2 atom stereocenters. The second kappa shape index (κ2) is 8.76. The van der Waals surface area contributed by atoms with E-state index in [0.29, 0.717) is 11.3 Å². The molecule has 0 aromatic heterocycles. The van der Waals surface area contributed by atoms with Crippen LogP contribution in [-0.2, 0) is 5.60 Å². The van der Waals surface area contributed by atoms with E-state index >= 15 is 0 Å². The molecule has 2 N–H and O–H groups in total. The monoisotopic (exact) mass is 410 g/mol. The van der Waals surface area contributed by atoms with Gasteiger partial charge < -0.3 is 14.9 Å². The van der Waals surface area contributed by atoms with E-state index in [1.54, 1.807) is 14.0 Å². The predicted molar refractivity (Wildman–Crippen MR) is 124 cm³/mol. The molecule has 2 unspecified atom stereocenters. The summed E-state index contributed by atoms with van der Waals surface area (Å²) in [6.07, 6.45) is -0.799. The number of aliphatic hydroxyl groups excluding tert-OH is 1. The molecule has 3 nitrogen and oxygen atoms in total. The fourth-order valence-electron chi connectivity index (χ4n) is 3.87. The first-order valence-electron chi connectivity index (χ1n) is 10.3. The Morgan fingerprint density at radius 3 is 2.00 bits per heavy atom. The van der Waals surface area contributed by atoms with Crippen molar-refractivity contribution in [1.82, 2.24) is 0 Å². The summed E-state index contributed by atoms with van der Waals surface area (Å²) in [7, 11) is 1.61. The van der Waals surface area contributed by atoms with Gasteiger partial charge in [0.1, 0.15) is 17.5 Å². The van der Waals surface area contributed by atoms with Crippen LogP contribution in [-0.4, -0.2) is 17.3 Å². The maximum Gasteiger partial charge on any atom is 0.125 e. The maximum atomic E-state index is 11.2. The van der Waals surface area contributed by atoms with Gasteiger partial charge in [-0.3, -0.25) is 0 Å². The Morgan fingerprint density at radius 2 is 1.32 bits per heavy atom. The molecule has 0 saturated heterocycles. The molecule has 0 saturated carbocycles. The lowest BCUT2D eigenvalue weighted by atomic mass is 9.86. The quantitative estimate of drug-likeness (QED) is 0.429. The Kier molecular flexibility index (Phi) is 5.90. The second-order valence-electron chi connectivity index (χ2n) is 7.79. The van der Waals surface area contributed by atoms with Crippen molar-refractivity contribution in [3.8, 4) is 16.9 Å². The second-order valence-corrected chi connectivity index (χ2v) is 7.79. The number of methoxy groups -OCH3 is 1. The summed E-state index contributed by atoms with van der Waals surface area (Å²) in [5.74, 6) is 0.632. The molecule has 0 radical (unpaired) electrons. The van der Waals surface area contributed by atoms with Gasteiger partial charge in [-0.25, -0.2) is 0 Å². The SMILES string of the molecule is COc1ccc(-c2cccc(C(C)(O)c3ccccc3)c2)cc1C(O)c1ccccc1. The number of benzene rings is 4. The Morgan fingerprint density at radius 1 is 0.710 bits per heavy atom. The standard InChI is InChI=1S/C28H26O3/c1-28(30,23-13-7-4-8-14-23)24-15-9-12-21(18-24)22-16-17-26(31-2)25(19-22)27(29)20-10-5-3-6-11-20/h3-19,27,29-30H,1-2H3. The molecule has 0 aliphatic heterocycles. The topological polar surface area (TPSA) is 49.7 Å². The normalized spacial score (nSPS) is 13.9. The molecule has 4 aromatic carbocycles. The first-order chi connectivity index (χ1) is 15.0. The van der Waals surface area contributed by atoms with Crippen LogP contribution >= 0.6 is 0 Å². The minimum absolute atomic E-state index is 0.632. The van der Waals surface area contributed by atoms with Gasteiger partial charge in [0, 0.05) is 5.56 Å². The van der Waals surface area contributed by atoms with Crippen molar-refractivity contribution in [3.05, 3.63) is 125 Å². The van der Waals surface area contributed by atoms with Gasteiger partial charge >= 0.3 is 0 Å². The van der Waals surface area contributed by atoms with E-state index in [9.17, 15) is 10.2 Å². The summed E-state index contributed by atoms with van der Waals surface area (Å²) < 4.78 is 5.51. The fourth-order valence-corrected chi connectivity index (χ4v) is 3.87. The zero-order valence-electron chi connectivity index (χ0n) is 17.7. The van der Waals surface area contributed by atoms with E-state index in [2.05, 4.69) is 0 Å². The Bertz CT molecular complexity index is 1150. The third-order valence-electron chi connectivity index (χ3n) is 5.73. The van der Waals surface area contributed by atoms with E-state index in [4.69, 9.17) is 4.74 Å². The largest absolute Gasteiger partial charge is 0.496 e. The van der Waals surface area contributed by atoms with Crippen molar-refractivity contribution in [3.63, 3.8) is 0 Å². The smallest absolute Gasteiger partial charge is 0.125 e. The van der Waals surface area contributed by atoms with Crippen LogP contribution in [0.1, 0.15) is 35.3 Å². The van der Waals surface area contributed by atoms with Gasteiger partial charge in [0.2, 0.25) is 0 Å². The number of hydrogen-bond donors (Lipinski definition) is 2. The highest BCUT2D eigenvalue weighted by Crippen LogP contribution is 2.36. The van der Waals surface area contributed by atoms with Crippen molar-refractivity contribution >= 4 is 0 Å². The van der Waals surface area contributed by atoms with Crippen LogP contribution in [0.15, 0.2) is 103 Å². The van der Waals surface area contributed by atoms with Crippen LogP contribution in [0, 0.1) is 0 Å². The molecule has 31 heavy (non-hydrogen) atoms. The zero-order valence-corrected chi connectivity index (χ0v) is 17.7. The first-order valence-corrected chi connectivity index (χ1v) is 10.3. The van der Waals surface area contributed by atoms with Gasteiger partial charge in [0.15, 0.2) is 0 Å². The van der Waals surface area contributed by atoms with Crippen molar-refractivity contribution in [2.75, 3.05) is 7.11 Å². The molecule has 0 aliphatic rings. The first kappa shape index (κ1) is 20.9. The summed E-state index contributed by atoms with van der Waals surface area (Å²) in [6, 6.07) is 32.8. The summed E-state index contributed by atoms with van der Waals surface area (Å²) in [4.78, 5) is 0. The zero-order chi connectivity index (χ0) is 21.8. The van der Waals surface area contributed by atoms with E-state index < -0.39 is 11.7 Å². The minimum Gasteiger partial charge on any atom is -0.496 e. The molecular formula is C28H26O3. The molecule has 4 rings (SSSR count). The van der Waals surface area contributed by atoms with Gasteiger partial charge in [0.05, 0.1) is 7.11 Å². The van der Waals surface area contributed by atoms with Crippen molar-refractivity contribution in [2.24, 2.45) is 0 Å². The van der Waals surface area contributed by atoms with E-state index in [1.165, 1.54) is 0 Å². The average Bonchev–Trinajstić information content (AvgIpc) is 2.84. The Balaban J connectivity index is 1.75. The molecule has 0 spiro atoms. The van der Waals surface area contributed by atoms with Crippen molar-refractivity contribution in [2.45, 2.75) is 18.6 Å². The number of hydrogen-bond acceptors (Lipinski definition) is 3. The van der Waals surface area contributed by atoms with Gasteiger partial charge in [-0.15, -0.1) is 0 Å². The van der Waals surface area contributed by atoms with Crippen LogP contribution in [0.5, 0.6) is 5.75 Å². The molecule has 3 heteroatoms. The summed E-state index contributed by atoms with van der Waals surface area (Å²) in [5.41, 5.74) is 3.93. The van der Waals surface area contributed by atoms with Crippen LogP contribution in [0.25, 0.3) is 11.1 Å². The highest BCUT2D eigenvalue weighted by molar-refractivity contribution is 5.67. The van der Waals surface area contributed by atoms with Gasteiger partial charge in [-0.2, -0.15) is 0 Å². The molecule has 0 heterocycles. The van der Waals surface area contributed by atoms with E-state index in [-0.39, 0.29) is 0 Å². The van der Waals surface area contributed by atoms with Gasteiger partial charge in [0.25, 0.3) is 0 Å². The van der Waals surface area contributed by atoms with E-state index in [1.807, 2.05) is 103 Å². The van der Waals surface area contributed by atoms with Crippen molar-refractivity contribution in [1.29, 1.82) is 0 Å². The van der Waals surface area contributed by atoms with Gasteiger partial charge in [-0.05, 0) is 52.9 Å². The van der Waals surface area contributed by atoms with E-state index in [0.717, 1.165) is 27.8 Å². The fraction of sp³-hybridized carbons (Fsp3) is 0.143. The molecule has 0 aliphatic carbocycles. The summed E-state index contributed by atoms with van der Waals surface area (Å²) in [5, 5.41) is 22.2. The molecule has 4 aromatic rings. The average molecular weight is 411 g/mol. The van der Waals surface area contributed by atoms with Crippen LogP contribution in [0.3, 0.4) is 0 Å². The molecular weight excluding hydrogens is 384 g/mol. The lowest BCUT2D eigenvalue weighted by Crippen LogP contribution is -2.22. The lowest BCUT2D eigenvalue weighted by molar-refractivity contribution is 0.102. The number of ether oxygens (including phenoxy) is 1. The minimum atomic E-state index is -1.11. The lowest BCUT2D eigenvalue weighted by Gasteiger charge is -2.25. The third kappa shape index (κ3) is 4.24. The third-order valence-corrected chi connectivity index (χ3v) is 5.73. The van der Waals surface area contributed by atoms with Crippen LogP contribution in [0.2, 0.25) is 0 Å². The number of aliphatic hydroxyl groups is 2. The van der Waals surface area contributed by atoms with Crippen LogP contribution in [0.4, 0.5) is 0 Å². The molecule has 0 fully saturated rings. The summed E-state index contributed by atoms with van der Waals surface area (Å²) >= 11 is 0. The molecule has 0 amide bonds. The highest BCUT2D eigenvalue weighted by Gasteiger charge is 2.25. The Hall–Kier alpha value is -3.40. The molecule has 0 bridgehead atoms. The number of rotatable bonds is 6. The van der Waals surface area contributed by atoms with Crippen molar-refractivity contribution < 1.29 is 14.9 Å². The predicted octanol–water partition coefficient (Wildman–Crippen LogP) is 5.70. The van der Waals surface area contributed by atoms with Crippen LogP contribution < -0.4 is 4.74 Å². The summed E-state index contributed by atoms with van der Waals surface area (Å²) in [6.45, 7) is 1.81.